The van der Waals surface area contributed by atoms with Crippen molar-refractivity contribution in [1.29, 1.82) is 0 Å². The van der Waals surface area contributed by atoms with Crippen molar-refractivity contribution in [2.24, 2.45) is 5.73 Å². The maximum Gasteiger partial charge on any atom is 0.124 e. The third-order valence-electron chi connectivity index (χ3n) is 4.35. The topological polar surface area (TPSA) is 47.7 Å². The number of nitrogens with zero attached hydrogens (tertiary/aromatic N) is 1. The Labute approximate surface area is 115 Å². The van der Waals surface area contributed by atoms with E-state index in [0.29, 0.717) is 6.54 Å². The Kier molecular flexibility index (Phi) is 4.02. The minimum absolute atomic E-state index is 0.159. The van der Waals surface area contributed by atoms with E-state index in [-0.39, 0.29) is 5.54 Å². The third-order valence-corrected chi connectivity index (χ3v) is 4.35. The molecule has 0 fully saturated rings. The maximum absolute atomic E-state index is 6.13. The Hall–Kier alpha value is -1.26. The zero-order valence-electron chi connectivity index (χ0n) is 12.3. The summed E-state index contributed by atoms with van der Waals surface area (Å²) in [4.78, 5) is 2.22. The Bertz CT molecular complexity index is 460. The molecule has 0 aromatic heterocycles. The molecule has 0 bridgehead atoms. The van der Waals surface area contributed by atoms with Crippen LogP contribution in [0.4, 0.5) is 0 Å². The van der Waals surface area contributed by atoms with Gasteiger partial charge in [-0.3, -0.25) is 4.90 Å². The molecule has 4 nitrogen and oxygen atoms in total. The lowest BCUT2D eigenvalue weighted by atomic mass is 9.74. The molecule has 4 heteroatoms. The average molecular weight is 264 g/mol. The summed E-state index contributed by atoms with van der Waals surface area (Å²) in [5.41, 5.74) is 8.42. The summed E-state index contributed by atoms with van der Waals surface area (Å²) >= 11 is 0. The van der Waals surface area contributed by atoms with E-state index in [2.05, 4.69) is 19.0 Å². The predicted octanol–water partition coefficient (Wildman–Crippen LogP) is 1.76. The van der Waals surface area contributed by atoms with Crippen LogP contribution in [0, 0.1) is 0 Å². The smallest absolute Gasteiger partial charge is 0.124 e. The minimum Gasteiger partial charge on any atom is -0.496 e. The molecule has 0 aliphatic heterocycles. The van der Waals surface area contributed by atoms with E-state index in [1.54, 1.807) is 14.2 Å². The molecule has 0 saturated carbocycles. The number of hydrogen-bond acceptors (Lipinski definition) is 4. The second kappa shape index (κ2) is 5.39. The average Bonchev–Trinajstić information content (AvgIpc) is 2.44. The summed E-state index contributed by atoms with van der Waals surface area (Å²) in [6.07, 6.45) is 3.18. The van der Waals surface area contributed by atoms with Gasteiger partial charge >= 0.3 is 0 Å². The van der Waals surface area contributed by atoms with Crippen LogP contribution in [0.25, 0.3) is 0 Å². The summed E-state index contributed by atoms with van der Waals surface area (Å²) in [6.45, 7) is 0.580. The van der Waals surface area contributed by atoms with Crippen LogP contribution in [0.1, 0.15) is 24.0 Å². The monoisotopic (exact) mass is 264 g/mol. The van der Waals surface area contributed by atoms with Crippen molar-refractivity contribution in [3.63, 3.8) is 0 Å². The first kappa shape index (κ1) is 14.2. The third kappa shape index (κ3) is 2.09. The van der Waals surface area contributed by atoms with Crippen molar-refractivity contribution in [2.45, 2.75) is 24.8 Å². The lowest BCUT2D eigenvalue weighted by molar-refractivity contribution is 0.129. The zero-order valence-corrected chi connectivity index (χ0v) is 12.3. The van der Waals surface area contributed by atoms with Crippen molar-refractivity contribution in [3.05, 3.63) is 23.3 Å². The largest absolute Gasteiger partial charge is 0.496 e. The van der Waals surface area contributed by atoms with Crippen molar-refractivity contribution in [2.75, 3.05) is 34.9 Å². The summed E-state index contributed by atoms with van der Waals surface area (Å²) in [7, 11) is 7.60. The molecular weight excluding hydrogens is 240 g/mol. The van der Waals surface area contributed by atoms with Gasteiger partial charge < -0.3 is 15.2 Å². The van der Waals surface area contributed by atoms with Crippen molar-refractivity contribution in [1.82, 2.24) is 4.90 Å². The van der Waals surface area contributed by atoms with Gasteiger partial charge in [0.05, 0.1) is 19.8 Å². The number of likely N-dealkylation sites (N-methyl/N-ethyl adjacent to an activating group) is 1. The van der Waals surface area contributed by atoms with Gasteiger partial charge in [0.15, 0.2) is 0 Å². The highest BCUT2D eigenvalue weighted by molar-refractivity contribution is 5.54. The number of rotatable bonds is 4. The molecule has 1 aliphatic carbocycles. The van der Waals surface area contributed by atoms with E-state index in [0.717, 1.165) is 30.8 Å². The van der Waals surface area contributed by atoms with Crippen LogP contribution in [-0.4, -0.2) is 39.8 Å². The predicted molar refractivity (Wildman–Crippen MR) is 76.9 cm³/mol. The molecule has 1 aliphatic rings. The van der Waals surface area contributed by atoms with Crippen LogP contribution in [-0.2, 0) is 12.0 Å². The quantitative estimate of drug-likeness (QED) is 0.900. The second-order valence-corrected chi connectivity index (χ2v) is 5.31. The lowest BCUT2D eigenvalue weighted by Crippen LogP contribution is -2.49. The highest BCUT2D eigenvalue weighted by Gasteiger charge is 2.41. The van der Waals surface area contributed by atoms with Crippen LogP contribution in [0.3, 0.4) is 0 Å². The minimum atomic E-state index is -0.159. The molecule has 1 unspecified atom stereocenters. The summed E-state index contributed by atoms with van der Waals surface area (Å²) in [5.74, 6) is 1.85. The summed E-state index contributed by atoms with van der Waals surface area (Å²) in [6, 6.07) is 3.97. The highest BCUT2D eigenvalue weighted by atomic mass is 16.5. The standard InChI is InChI=1S/C15H24N2O2/c1-17(2)15(10-16)9-5-6-11-12(18-3)7-8-13(19-4)14(11)15/h7-8H,5-6,9-10,16H2,1-4H3. The molecule has 1 aromatic rings. The molecule has 1 aromatic carbocycles. The molecular formula is C15H24N2O2. The van der Waals surface area contributed by atoms with Crippen LogP contribution in [0.2, 0.25) is 0 Å². The van der Waals surface area contributed by atoms with Gasteiger partial charge in [0.25, 0.3) is 0 Å². The van der Waals surface area contributed by atoms with E-state index in [9.17, 15) is 0 Å². The van der Waals surface area contributed by atoms with Gasteiger partial charge in [-0.15, -0.1) is 0 Å². The molecule has 106 valence electrons. The van der Waals surface area contributed by atoms with Crippen LogP contribution in [0.15, 0.2) is 12.1 Å². The summed E-state index contributed by atoms with van der Waals surface area (Å²) < 4.78 is 11.1. The normalized spacial score (nSPS) is 22.2. The molecule has 1 atom stereocenters. The number of nitrogens with two attached hydrogens (primary N) is 1. The van der Waals surface area contributed by atoms with E-state index in [1.165, 1.54) is 11.1 Å². The van der Waals surface area contributed by atoms with E-state index in [4.69, 9.17) is 15.2 Å². The van der Waals surface area contributed by atoms with Gasteiger partial charge in [0.2, 0.25) is 0 Å². The van der Waals surface area contributed by atoms with Crippen LogP contribution in [0.5, 0.6) is 11.5 Å². The van der Waals surface area contributed by atoms with Gasteiger partial charge in [-0.25, -0.2) is 0 Å². The van der Waals surface area contributed by atoms with Crippen LogP contribution < -0.4 is 15.2 Å². The Morgan fingerprint density at radius 1 is 1.21 bits per heavy atom. The van der Waals surface area contributed by atoms with Crippen molar-refractivity contribution >= 4 is 0 Å². The Balaban J connectivity index is 2.70. The summed E-state index contributed by atoms with van der Waals surface area (Å²) in [5, 5.41) is 0. The first-order chi connectivity index (χ1) is 9.10. The second-order valence-electron chi connectivity index (χ2n) is 5.31. The van der Waals surface area contributed by atoms with Crippen LogP contribution >= 0.6 is 0 Å². The van der Waals surface area contributed by atoms with Gasteiger partial charge in [0.1, 0.15) is 11.5 Å². The molecule has 0 radical (unpaired) electrons. The fourth-order valence-electron chi connectivity index (χ4n) is 3.24. The van der Waals surface area contributed by atoms with Gasteiger partial charge in [-0.1, -0.05) is 0 Å². The molecule has 0 heterocycles. The van der Waals surface area contributed by atoms with Crippen molar-refractivity contribution in [3.8, 4) is 11.5 Å². The molecule has 2 rings (SSSR count). The van der Waals surface area contributed by atoms with E-state index < -0.39 is 0 Å². The Morgan fingerprint density at radius 2 is 1.84 bits per heavy atom. The number of methoxy groups -OCH3 is 2. The highest BCUT2D eigenvalue weighted by Crippen LogP contribution is 2.46. The van der Waals surface area contributed by atoms with Gasteiger partial charge in [-0.2, -0.15) is 0 Å². The first-order valence-electron chi connectivity index (χ1n) is 6.72. The SMILES string of the molecule is COc1ccc(OC)c2c1CCCC2(CN)N(C)C. The van der Waals surface area contributed by atoms with Crippen molar-refractivity contribution < 1.29 is 9.47 Å². The first-order valence-corrected chi connectivity index (χ1v) is 6.72. The van der Waals surface area contributed by atoms with E-state index >= 15 is 0 Å². The molecule has 0 amide bonds. The number of ether oxygens (including phenoxy) is 2. The lowest BCUT2D eigenvalue weighted by Gasteiger charge is -2.44. The zero-order chi connectivity index (χ0) is 14.0. The number of hydrogen-bond donors (Lipinski definition) is 1. The van der Waals surface area contributed by atoms with Gasteiger partial charge in [0, 0.05) is 17.7 Å². The number of fused-ring (bicyclic) bond motifs is 1. The number of benzene rings is 1. The Morgan fingerprint density at radius 3 is 2.37 bits per heavy atom. The van der Waals surface area contributed by atoms with Gasteiger partial charge in [-0.05, 0) is 45.5 Å². The molecule has 2 N–H and O–H groups in total. The molecule has 19 heavy (non-hydrogen) atoms. The maximum atomic E-state index is 6.13. The fraction of sp³-hybridized carbons (Fsp3) is 0.600. The molecule has 0 spiro atoms. The molecule has 0 saturated heterocycles. The van der Waals surface area contributed by atoms with E-state index in [1.807, 2.05) is 12.1 Å². The fourth-order valence-corrected chi connectivity index (χ4v) is 3.24.